The van der Waals surface area contributed by atoms with Gasteiger partial charge in [-0.3, -0.25) is 4.90 Å². The van der Waals surface area contributed by atoms with Gasteiger partial charge in [0.25, 0.3) is 0 Å². The van der Waals surface area contributed by atoms with Crippen molar-refractivity contribution < 1.29 is 32.2 Å². The predicted octanol–water partition coefficient (Wildman–Crippen LogP) is 3.48. The summed E-state index contributed by atoms with van der Waals surface area (Å²) in [5.41, 5.74) is -3.05. The Balaban J connectivity index is 1.78. The smallest absolute Gasteiger partial charge is 0.427 e. The van der Waals surface area contributed by atoms with E-state index in [9.17, 15) is 22.8 Å². The average molecular weight is 423 g/mol. The fourth-order valence-electron chi connectivity index (χ4n) is 3.35. The molecule has 0 aromatic heterocycles. The maximum atomic E-state index is 12.9. The fraction of sp³-hybridized carbons (Fsp3) is 0.895. The molecule has 0 saturated carbocycles. The van der Waals surface area contributed by atoms with Crippen LogP contribution in [0.15, 0.2) is 0 Å². The summed E-state index contributed by atoms with van der Waals surface area (Å²) in [7, 11) is 0. The molecule has 10 heteroatoms. The molecule has 2 saturated heterocycles. The summed E-state index contributed by atoms with van der Waals surface area (Å²) in [5.74, 6) is 0. The summed E-state index contributed by atoms with van der Waals surface area (Å²) in [6.07, 6.45) is -4.54. The quantitative estimate of drug-likeness (QED) is 0.681. The van der Waals surface area contributed by atoms with E-state index in [0.717, 1.165) is 13.8 Å². The molecule has 2 heterocycles. The van der Waals surface area contributed by atoms with Crippen LogP contribution >= 0.6 is 0 Å². The van der Waals surface area contributed by atoms with Gasteiger partial charge in [-0.05, 0) is 47.5 Å². The molecule has 0 bridgehead atoms. The van der Waals surface area contributed by atoms with Crippen LogP contribution in [-0.4, -0.2) is 89.6 Å². The maximum Gasteiger partial charge on any atom is 0.427 e. The number of piperazine rings is 1. The topological polar surface area (TPSA) is 62.3 Å². The van der Waals surface area contributed by atoms with Crippen LogP contribution in [0.5, 0.6) is 0 Å². The highest BCUT2D eigenvalue weighted by molar-refractivity contribution is 5.68. The highest BCUT2D eigenvalue weighted by Gasteiger charge is 2.51. The molecule has 2 rings (SSSR count). The van der Waals surface area contributed by atoms with Crippen LogP contribution in [0.3, 0.4) is 0 Å². The number of amides is 2. The molecule has 0 N–H and O–H groups in total. The zero-order chi connectivity index (χ0) is 22.0. The van der Waals surface area contributed by atoms with Crippen molar-refractivity contribution in [1.82, 2.24) is 14.7 Å². The molecule has 7 nitrogen and oxygen atoms in total. The van der Waals surface area contributed by atoms with Crippen LogP contribution in [0, 0.1) is 0 Å². The van der Waals surface area contributed by atoms with Crippen LogP contribution < -0.4 is 0 Å². The SMILES string of the molecule is CC(C)(C)OC(=O)N1CCN(C2CCN(C(=O)OC(C)(C)C(F)(F)F)CC2)CC1. The number of halogens is 3. The van der Waals surface area contributed by atoms with Crippen molar-refractivity contribution in [2.45, 2.75) is 70.9 Å². The molecular weight excluding hydrogens is 391 g/mol. The second-order valence-electron chi connectivity index (χ2n) is 9.10. The van der Waals surface area contributed by atoms with E-state index in [1.807, 2.05) is 20.8 Å². The number of ether oxygens (including phenoxy) is 2. The Hall–Kier alpha value is -1.71. The van der Waals surface area contributed by atoms with E-state index in [4.69, 9.17) is 9.47 Å². The lowest BCUT2D eigenvalue weighted by atomic mass is 10.0. The van der Waals surface area contributed by atoms with Crippen molar-refractivity contribution in [3.05, 3.63) is 0 Å². The van der Waals surface area contributed by atoms with Crippen LogP contribution in [0.2, 0.25) is 0 Å². The summed E-state index contributed by atoms with van der Waals surface area (Å²) in [6.45, 7) is 10.4. The molecule has 29 heavy (non-hydrogen) atoms. The lowest BCUT2D eigenvalue weighted by Crippen LogP contribution is -2.55. The number of carbonyl (C=O) groups excluding carboxylic acids is 2. The number of alkyl halides is 3. The first-order valence-corrected chi connectivity index (χ1v) is 9.96. The van der Waals surface area contributed by atoms with Gasteiger partial charge in [-0.2, -0.15) is 13.2 Å². The van der Waals surface area contributed by atoms with E-state index in [0.29, 0.717) is 52.1 Å². The molecule has 0 aliphatic carbocycles. The zero-order valence-corrected chi connectivity index (χ0v) is 17.8. The van der Waals surface area contributed by atoms with Crippen molar-refractivity contribution in [3.63, 3.8) is 0 Å². The number of nitrogens with zero attached hydrogens (tertiary/aromatic N) is 3. The van der Waals surface area contributed by atoms with E-state index < -0.39 is 23.5 Å². The second-order valence-corrected chi connectivity index (χ2v) is 9.10. The number of rotatable bonds is 2. The summed E-state index contributed by atoms with van der Waals surface area (Å²) in [4.78, 5) is 29.5. The second kappa shape index (κ2) is 8.57. The standard InChI is InChI=1S/C19H32F3N3O4/c1-17(2,3)28-15(26)25-12-10-23(11-13-25)14-6-8-24(9-7-14)16(27)29-18(4,5)19(20,21)22/h14H,6-13H2,1-5H3. The van der Waals surface area contributed by atoms with Gasteiger partial charge in [0.15, 0.2) is 0 Å². The third-order valence-corrected chi connectivity index (χ3v) is 5.23. The third kappa shape index (κ3) is 6.38. The third-order valence-electron chi connectivity index (χ3n) is 5.23. The minimum atomic E-state index is -4.62. The zero-order valence-electron chi connectivity index (χ0n) is 17.8. The molecule has 0 radical (unpaired) electrons. The van der Waals surface area contributed by atoms with Gasteiger partial charge >= 0.3 is 18.4 Å². The largest absolute Gasteiger partial charge is 0.444 e. The van der Waals surface area contributed by atoms with Crippen LogP contribution in [0.1, 0.15) is 47.5 Å². The van der Waals surface area contributed by atoms with Gasteiger partial charge < -0.3 is 19.3 Å². The van der Waals surface area contributed by atoms with Crippen LogP contribution in [0.4, 0.5) is 22.8 Å². The van der Waals surface area contributed by atoms with E-state index in [1.165, 1.54) is 4.90 Å². The molecule has 2 aliphatic rings. The summed E-state index contributed by atoms with van der Waals surface area (Å²) >= 11 is 0. The first kappa shape index (κ1) is 23.6. The molecule has 2 amide bonds. The number of piperidine rings is 1. The van der Waals surface area contributed by atoms with Crippen LogP contribution in [0.25, 0.3) is 0 Å². The Morgan fingerprint density at radius 3 is 1.66 bits per heavy atom. The minimum absolute atomic E-state index is 0.232. The predicted molar refractivity (Wildman–Crippen MR) is 101 cm³/mol. The number of hydrogen-bond donors (Lipinski definition) is 0. The molecule has 0 atom stereocenters. The highest BCUT2D eigenvalue weighted by atomic mass is 19.4. The van der Waals surface area contributed by atoms with Gasteiger partial charge in [0.2, 0.25) is 5.60 Å². The van der Waals surface area contributed by atoms with E-state index in [1.54, 1.807) is 4.90 Å². The molecule has 2 fully saturated rings. The lowest BCUT2D eigenvalue weighted by molar-refractivity contribution is -0.246. The molecule has 0 aromatic carbocycles. The van der Waals surface area contributed by atoms with Crippen LogP contribution in [-0.2, 0) is 9.47 Å². The molecule has 0 aromatic rings. The lowest BCUT2D eigenvalue weighted by Gasteiger charge is -2.43. The fourth-order valence-corrected chi connectivity index (χ4v) is 3.35. The molecule has 168 valence electrons. The van der Waals surface area contributed by atoms with Crippen molar-refractivity contribution in [1.29, 1.82) is 0 Å². The first-order chi connectivity index (χ1) is 13.2. The number of carbonyl (C=O) groups is 2. The molecule has 0 spiro atoms. The summed E-state index contributed by atoms with van der Waals surface area (Å²) in [6, 6.07) is 0.232. The average Bonchev–Trinajstić information content (AvgIpc) is 2.59. The normalized spacial score (nSPS) is 20.6. The monoisotopic (exact) mass is 423 g/mol. The Labute approximate surface area is 170 Å². The van der Waals surface area contributed by atoms with Gasteiger partial charge in [-0.1, -0.05) is 0 Å². The van der Waals surface area contributed by atoms with Gasteiger partial charge in [-0.15, -0.1) is 0 Å². The molecule has 0 unspecified atom stereocenters. The summed E-state index contributed by atoms with van der Waals surface area (Å²) < 4.78 is 48.8. The van der Waals surface area contributed by atoms with E-state index in [2.05, 4.69) is 4.90 Å². The van der Waals surface area contributed by atoms with Crippen molar-refractivity contribution in [2.75, 3.05) is 39.3 Å². The van der Waals surface area contributed by atoms with Gasteiger partial charge in [-0.25, -0.2) is 9.59 Å². The Morgan fingerprint density at radius 1 is 0.759 bits per heavy atom. The molecule has 2 aliphatic heterocycles. The Bertz CT molecular complexity index is 588. The highest BCUT2D eigenvalue weighted by Crippen LogP contribution is 2.33. The Kier molecular flexibility index (Phi) is 6.97. The summed E-state index contributed by atoms with van der Waals surface area (Å²) in [5, 5.41) is 0. The van der Waals surface area contributed by atoms with Crippen molar-refractivity contribution in [2.24, 2.45) is 0 Å². The minimum Gasteiger partial charge on any atom is -0.444 e. The van der Waals surface area contributed by atoms with Gasteiger partial charge in [0.05, 0.1) is 0 Å². The molecular formula is C19H32F3N3O4. The first-order valence-electron chi connectivity index (χ1n) is 9.96. The van der Waals surface area contributed by atoms with Gasteiger partial charge in [0, 0.05) is 45.3 Å². The van der Waals surface area contributed by atoms with Gasteiger partial charge in [0.1, 0.15) is 5.60 Å². The number of likely N-dealkylation sites (tertiary alicyclic amines) is 1. The van der Waals surface area contributed by atoms with E-state index >= 15 is 0 Å². The van der Waals surface area contributed by atoms with E-state index in [-0.39, 0.29) is 12.1 Å². The Morgan fingerprint density at radius 2 is 1.21 bits per heavy atom. The maximum absolute atomic E-state index is 12.9. The van der Waals surface area contributed by atoms with Crippen molar-refractivity contribution >= 4 is 12.2 Å². The number of hydrogen-bond acceptors (Lipinski definition) is 5. The van der Waals surface area contributed by atoms with Crippen molar-refractivity contribution in [3.8, 4) is 0 Å².